The van der Waals surface area contributed by atoms with Gasteiger partial charge in [0.25, 0.3) is 0 Å². The first-order valence-corrected chi connectivity index (χ1v) is 6.23. The van der Waals surface area contributed by atoms with Gasteiger partial charge in [-0.1, -0.05) is 17.7 Å². The fraction of sp³-hybridized carbons (Fsp3) is 0.500. The summed E-state index contributed by atoms with van der Waals surface area (Å²) in [6.45, 7) is 3.61. The Morgan fingerprint density at radius 3 is 2.94 bits per heavy atom. The fourth-order valence-electron chi connectivity index (χ4n) is 2.28. The molecule has 1 fully saturated rings. The summed E-state index contributed by atoms with van der Waals surface area (Å²) in [5.74, 6) is 1.02. The highest BCUT2D eigenvalue weighted by atomic mass is 16.5. The van der Waals surface area contributed by atoms with Crippen LogP contribution in [0.4, 0.5) is 0 Å². The van der Waals surface area contributed by atoms with Crippen LogP contribution in [0.25, 0.3) is 0 Å². The van der Waals surface area contributed by atoms with Crippen molar-refractivity contribution in [2.24, 2.45) is 0 Å². The van der Waals surface area contributed by atoms with Crippen molar-refractivity contribution in [1.82, 2.24) is 10.2 Å². The van der Waals surface area contributed by atoms with E-state index in [0.29, 0.717) is 6.42 Å². The second-order valence-electron chi connectivity index (χ2n) is 4.77. The van der Waals surface area contributed by atoms with Crippen LogP contribution < -0.4 is 10.1 Å². The Morgan fingerprint density at radius 1 is 1.44 bits per heavy atom. The molecule has 4 heteroatoms. The normalized spacial score (nSPS) is 20.7. The minimum Gasteiger partial charge on any atom is -0.496 e. The van der Waals surface area contributed by atoms with E-state index >= 15 is 0 Å². The molecule has 1 aliphatic heterocycles. The molecule has 2 rings (SSSR count). The van der Waals surface area contributed by atoms with Crippen molar-refractivity contribution < 1.29 is 9.53 Å². The third-order valence-electron chi connectivity index (χ3n) is 3.40. The van der Waals surface area contributed by atoms with E-state index in [0.717, 1.165) is 24.4 Å². The molecular formula is C14H20N2O2. The monoisotopic (exact) mass is 248 g/mol. The zero-order valence-corrected chi connectivity index (χ0v) is 11.2. The van der Waals surface area contributed by atoms with Crippen LogP contribution in [-0.4, -0.2) is 38.1 Å². The number of ether oxygens (including phenoxy) is 1. The summed E-state index contributed by atoms with van der Waals surface area (Å²) in [6, 6.07) is 6.12. The predicted molar refractivity (Wildman–Crippen MR) is 70.7 cm³/mol. The highest BCUT2D eigenvalue weighted by molar-refractivity contribution is 5.77. The quantitative estimate of drug-likeness (QED) is 0.862. The van der Waals surface area contributed by atoms with Gasteiger partial charge in [0.2, 0.25) is 5.91 Å². The van der Waals surface area contributed by atoms with Crippen LogP contribution in [-0.2, 0) is 4.79 Å². The molecule has 1 heterocycles. The molecule has 0 aromatic heterocycles. The molecule has 0 saturated carbocycles. The summed E-state index contributed by atoms with van der Waals surface area (Å²) < 4.78 is 5.39. The third-order valence-corrected chi connectivity index (χ3v) is 3.40. The maximum Gasteiger partial charge on any atom is 0.224 e. The average molecular weight is 248 g/mol. The lowest BCUT2D eigenvalue weighted by Gasteiger charge is -2.19. The van der Waals surface area contributed by atoms with E-state index in [1.165, 1.54) is 5.56 Å². The van der Waals surface area contributed by atoms with Crippen LogP contribution in [0.15, 0.2) is 18.2 Å². The van der Waals surface area contributed by atoms with Gasteiger partial charge in [0, 0.05) is 38.2 Å². The summed E-state index contributed by atoms with van der Waals surface area (Å²) in [6.07, 6.45) is 0.482. The number of hydrogen-bond acceptors (Lipinski definition) is 3. The Morgan fingerprint density at radius 2 is 2.22 bits per heavy atom. The molecule has 98 valence electrons. The van der Waals surface area contributed by atoms with Gasteiger partial charge in [-0.05, 0) is 13.0 Å². The lowest BCUT2D eigenvalue weighted by molar-refractivity contribution is -0.129. The molecule has 0 spiro atoms. The van der Waals surface area contributed by atoms with E-state index in [2.05, 4.69) is 11.4 Å². The van der Waals surface area contributed by atoms with Crippen LogP contribution in [0.5, 0.6) is 5.75 Å². The number of nitrogens with zero attached hydrogens (tertiary/aromatic N) is 1. The summed E-state index contributed by atoms with van der Waals surface area (Å²) in [7, 11) is 3.51. The van der Waals surface area contributed by atoms with E-state index in [1.807, 2.05) is 26.1 Å². The Bertz CT molecular complexity index is 445. The summed E-state index contributed by atoms with van der Waals surface area (Å²) in [5, 5.41) is 3.42. The predicted octanol–water partition coefficient (Wildman–Crippen LogP) is 1.50. The SMILES string of the molecule is COc1ccc(C)cc1C1CC(=O)N(C)CCN1. The van der Waals surface area contributed by atoms with Gasteiger partial charge in [-0.3, -0.25) is 4.79 Å². The average Bonchev–Trinajstić information content (AvgIpc) is 2.52. The number of carbonyl (C=O) groups is 1. The molecule has 0 bridgehead atoms. The fourth-order valence-corrected chi connectivity index (χ4v) is 2.28. The first kappa shape index (κ1) is 12.9. The Labute approximate surface area is 108 Å². The van der Waals surface area contributed by atoms with E-state index in [-0.39, 0.29) is 11.9 Å². The number of likely N-dealkylation sites (N-methyl/N-ethyl adjacent to an activating group) is 1. The van der Waals surface area contributed by atoms with Crippen LogP contribution in [0.2, 0.25) is 0 Å². The van der Waals surface area contributed by atoms with Crippen LogP contribution in [0.3, 0.4) is 0 Å². The molecule has 4 nitrogen and oxygen atoms in total. The molecule has 1 aliphatic rings. The molecule has 1 aromatic rings. The standard InChI is InChI=1S/C14H20N2O2/c1-10-4-5-13(18-3)11(8-10)12-9-14(17)16(2)7-6-15-12/h4-5,8,12,15H,6-7,9H2,1-3H3. The lowest BCUT2D eigenvalue weighted by atomic mass is 10.00. The molecule has 0 aliphatic carbocycles. The van der Waals surface area contributed by atoms with Crippen molar-refractivity contribution in [3.8, 4) is 5.75 Å². The van der Waals surface area contributed by atoms with Gasteiger partial charge >= 0.3 is 0 Å². The summed E-state index contributed by atoms with van der Waals surface area (Å²) in [4.78, 5) is 13.7. The van der Waals surface area contributed by atoms with Crippen molar-refractivity contribution in [1.29, 1.82) is 0 Å². The van der Waals surface area contributed by atoms with E-state index in [9.17, 15) is 4.79 Å². The molecule has 1 saturated heterocycles. The highest BCUT2D eigenvalue weighted by Crippen LogP contribution is 2.29. The van der Waals surface area contributed by atoms with Gasteiger partial charge < -0.3 is 15.0 Å². The van der Waals surface area contributed by atoms with Crippen LogP contribution >= 0.6 is 0 Å². The molecule has 1 amide bonds. The summed E-state index contributed by atoms with van der Waals surface area (Å²) in [5.41, 5.74) is 2.25. The molecular weight excluding hydrogens is 228 g/mol. The molecule has 0 radical (unpaired) electrons. The number of hydrogen-bond donors (Lipinski definition) is 1. The minimum atomic E-state index is 0.0392. The van der Waals surface area contributed by atoms with E-state index in [1.54, 1.807) is 12.0 Å². The van der Waals surface area contributed by atoms with Crippen LogP contribution in [0, 0.1) is 6.92 Å². The van der Waals surface area contributed by atoms with Crippen molar-refractivity contribution >= 4 is 5.91 Å². The van der Waals surface area contributed by atoms with Gasteiger partial charge in [0.15, 0.2) is 0 Å². The van der Waals surface area contributed by atoms with Gasteiger partial charge in [-0.25, -0.2) is 0 Å². The molecule has 18 heavy (non-hydrogen) atoms. The lowest BCUT2D eigenvalue weighted by Crippen LogP contribution is -2.27. The Kier molecular flexibility index (Phi) is 3.87. The van der Waals surface area contributed by atoms with Crippen molar-refractivity contribution in [2.75, 3.05) is 27.2 Å². The van der Waals surface area contributed by atoms with Gasteiger partial charge in [-0.2, -0.15) is 0 Å². The Hall–Kier alpha value is -1.55. The molecule has 1 atom stereocenters. The third kappa shape index (κ3) is 2.64. The molecule has 1 unspecified atom stereocenters. The van der Waals surface area contributed by atoms with E-state index in [4.69, 9.17) is 4.74 Å². The number of benzene rings is 1. The van der Waals surface area contributed by atoms with Crippen LogP contribution in [0.1, 0.15) is 23.6 Å². The van der Waals surface area contributed by atoms with Crippen molar-refractivity contribution in [3.63, 3.8) is 0 Å². The first-order chi connectivity index (χ1) is 8.61. The number of methoxy groups -OCH3 is 1. The maximum atomic E-state index is 11.9. The minimum absolute atomic E-state index is 0.0392. The number of rotatable bonds is 2. The highest BCUT2D eigenvalue weighted by Gasteiger charge is 2.24. The number of amides is 1. The topological polar surface area (TPSA) is 41.6 Å². The Balaban J connectivity index is 2.29. The number of carbonyl (C=O) groups excluding carboxylic acids is 1. The van der Waals surface area contributed by atoms with Gasteiger partial charge in [0.05, 0.1) is 7.11 Å². The second-order valence-corrected chi connectivity index (χ2v) is 4.77. The van der Waals surface area contributed by atoms with Gasteiger partial charge in [0.1, 0.15) is 5.75 Å². The van der Waals surface area contributed by atoms with Gasteiger partial charge in [-0.15, -0.1) is 0 Å². The maximum absolute atomic E-state index is 11.9. The summed E-state index contributed by atoms with van der Waals surface area (Å²) >= 11 is 0. The molecule has 1 N–H and O–H groups in total. The first-order valence-electron chi connectivity index (χ1n) is 6.23. The second kappa shape index (κ2) is 5.40. The number of aryl methyl sites for hydroxylation is 1. The zero-order valence-electron chi connectivity index (χ0n) is 11.2. The van der Waals surface area contributed by atoms with E-state index < -0.39 is 0 Å². The zero-order chi connectivity index (χ0) is 13.1. The van der Waals surface area contributed by atoms with Crippen molar-refractivity contribution in [2.45, 2.75) is 19.4 Å². The smallest absolute Gasteiger partial charge is 0.224 e. The van der Waals surface area contributed by atoms with Crippen molar-refractivity contribution in [3.05, 3.63) is 29.3 Å². The number of nitrogens with one attached hydrogen (secondary N) is 1. The molecule has 1 aromatic carbocycles. The largest absolute Gasteiger partial charge is 0.496 e.